The quantitative estimate of drug-likeness (QED) is 0.170. The normalized spacial score (nSPS) is 12.3. The Kier molecular flexibility index (Phi) is 10.5. The van der Waals surface area contributed by atoms with Crippen molar-refractivity contribution in [2.24, 2.45) is 0 Å². The Morgan fingerprint density at radius 2 is 1.64 bits per heavy atom. The van der Waals surface area contributed by atoms with Gasteiger partial charge in [0.15, 0.2) is 12.2 Å². The molecule has 2 unspecified atom stereocenters. The molecule has 0 fully saturated rings. The van der Waals surface area contributed by atoms with E-state index in [0.717, 1.165) is 29.8 Å². The molecule has 1 aromatic heterocycles. The van der Waals surface area contributed by atoms with Crippen LogP contribution in [-0.2, 0) is 4.74 Å². The van der Waals surface area contributed by atoms with Crippen LogP contribution in [0.1, 0.15) is 44.0 Å². The maximum Gasteiger partial charge on any atom is 0.408 e. The van der Waals surface area contributed by atoms with Crippen LogP contribution in [0.15, 0.2) is 89.8 Å². The van der Waals surface area contributed by atoms with Crippen molar-refractivity contribution in [3.05, 3.63) is 96.5 Å². The first-order valence-corrected chi connectivity index (χ1v) is 13.9. The Balaban J connectivity index is 1.36. The fourth-order valence-electron chi connectivity index (χ4n) is 4.52. The smallest absolute Gasteiger partial charge is 0.408 e. The molecule has 0 aliphatic heterocycles. The first kappa shape index (κ1) is 30.1. The summed E-state index contributed by atoms with van der Waals surface area (Å²) in [5.74, 6) is 1.09. The van der Waals surface area contributed by atoms with Crippen molar-refractivity contribution in [2.75, 3.05) is 37.4 Å². The zero-order valence-electron chi connectivity index (χ0n) is 24.3. The molecule has 3 aromatic carbocycles. The average Bonchev–Trinajstić information content (AvgIpc) is 3.54. The highest BCUT2D eigenvalue weighted by Gasteiger charge is 2.21. The van der Waals surface area contributed by atoms with Crippen LogP contribution in [0, 0.1) is 0 Å². The van der Waals surface area contributed by atoms with E-state index in [4.69, 9.17) is 13.9 Å². The summed E-state index contributed by atoms with van der Waals surface area (Å²) in [5.41, 5.74) is 3.58. The van der Waals surface area contributed by atoms with Crippen LogP contribution in [0.25, 0.3) is 11.3 Å². The van der Waals surface area contributed by atoms with Gasteiger partial charge in [0.1, 0.15) is 11.9 Å². The molecule has 0 spiro atoms. The summed E-state index contributed by atoms with van der Waals surface area (Å²) in [5, 5.41) is 8.57. The topological polar surface area (TPSA) is 118 Å². The highest BCUT2D eigenvalue weighted by Crippen LogP contribution is 2.32. The molecule has 3 amide bonds. The number of nitrogens with one attached hydrogen (secondary N) is 3. The maximum atomic E-state index is 12.9. The number of methoxy groups -OCH3 is 1. The van der Waals surface area contributed by atoms with Crippen LogP contribution in [0.2, 0.25) is 0 Å². The van der Waals surface area contributed by atoms with Gasteiger partial charge in [-0.1, -0.05) is 56.3 Å². The number of carbonyl (C=O) groups excluding carboxylic acids is 2. The van der Waals surface area contributed by atoms with Crippen molar-refractivity contribution in [2.45, 2.75) is 32.9 Å². The van der Waals surface area contributed by atoms with Crippen molar-refractivity contribution in [1.82, 2.24) is 15.2 Å². The second-order valence-electron chi connectivity index (χ2n) is 9.64. The number of nitrogens with zero attached hydrogens (tertiary/aromatic N) is 2. The Hall–Kier alpha value is -4.83. The van der Waals surface area contributed by atoms with Crippen LogP contribution in [0.4, 0.5) is 21.0 Å². The molecule has 0 saturated carbocycles. The monoisotopic (exact) mass is 571 g/mol. The minimum atomic E-state index is -0.512. The fourth-order valence-corrected chi connectivity index (χ4v) is 4.52. The Morgan fingerprint density at radius 1 is 0.929 bits per heavy atom. The average molecular weight is 572 g/mol. The summed E-state index contributed by atoms with van der Waals surface area (Å²) in [7, 11) is 1.54. The third-order valence-electron chi connectivity index (χ3n) is 6.88. The van der Waals surface area contributed by atoms with Gasteiger partial charge in [0.05, 0.1) is 24.9 Å². The standard InChI is InChI=1S/C32H37N5O5/c1-5-37(6-2)20-30(23-11-8-7-9-12-23)42-32(39)34-22(3)24-13-10-14-25(17-24)35-31(38)36-26-15-16-27(28(18-26)40-4)29-19-33-21-41-29/h7-19,21-22,30H,5-6,20H2,1-4H3,(H,34,39)(H2,35,36,38). The summed E-state index contributed by atoms with van der Waals surface area (Å²) >= 11 is 0. The lowest BCUT2D eigenvalue weighted by Gasteiger charge is -2.26. The van der Waals surface area contributed by atoms with E-state index in [0.29, 0.717) is 29.4 Å². The highest BCUT2D eigenvalue weighted by molar-refractivity contribution is 6.00. The van der Waals surface area contributed by atoms with Gasteiger partial charge in [-0.25, -0.2) is 14.6 Å². The van der Waals surface area contributed by atoms with E-state index in [9.17, 15) is 9.59 Å². The van der Waals surface area contributed by atoms with Crippen LogP contribution in [0.5, 0.6) is 5.75 Å². The van der Waals surface area contributed by atoms with Crippen molar-refractivity contribution in [1.29, 1.82) is 0 Å². The summed E-state index contributed by atoms with van der Waals surface area (Å²) < 4.78 is 16.7. The molecule has 0 saturated heterocycles. The second kappa shape index (κ2) is 14.7. The minimum absolute atomic E-state index is 0.361. The molecule has 4 rings (SSSR count). The van der Waals surface area contributed by atoms with Crippen molar-refractivity contribution < 1.29 is 23.5 Å². The molecule has 4 aromatic rings. The summed E-state index contributed by atoms with van der Waals surface area (Å²) in [6.07, 6.45) is 2.02. The van der Waals surface area contributed by atoms with Crippen LogP contribution in [0.3, 0.4) is 0 Å². The molecule has 10 nitrogen and oxygen atoms in total. The van der Waals surface area contributed by atoms with Gasteiger partial charge in [-0.2, -0.15) is 0 Å². The third kappa shape index (κ3) is 8.11. The molecule has 0 radical (unpaired) electrons. The highest BCUT2D eigenvalue weighted by atomic mass is 16.6. The largest absolute Gasteiger partial charge is 0.496 e. The zero-order chi connectivity index (χ0) is 29.9. The SMILES string of the molecule is CCN(CC)CC(OC(=O)NC(C)c1cccc(NC(=O)Nc2ccc(-c3cnco3)c(OC)c2)c1)c1ccccc1. The van der Waals surface area contributed by atoms with Crippen molar-refractivity contribution in [3.8, 4) is 17.1 Å². The molecule has 10 heteroatoms. The number of amides is 3. The lowest BCUT2D eigenvalue weighted by molar-refractivity contribution is 0.0700. The lowest BCUT2D eigenvalue weighted by Crippen LogP contribution is -2.34. The van der Waals surface area contributed by atoms with Crippen LogP contribution >= 0.6 is 0 Å². The predicted octanol–water partition coefficient (Wildman–Crippen LogP) is 6.86. The molecule has 0 bridgehead atoms. The molecule has 1 heterocycles. The Labute approximate surface area is 246 Å². The van der Waals surface area contributed by atoms with Gasteiger partial charge in [0, 0.05) is 24.0 Å². The number of aromatic nitrogens is 1. The number of rotatable bonds is 12. The molecular formula is C32H37N5O5. The van der Waals surface area contributed by atoms with Crippen molar-refractivity contribution in [3.63, 3.8) is 0 Å². The summed E-state index contributed by atoms with van der Waals surface area (Å²) in [6, 6.07) is 21.5. The number of anilines is 2. The van der Waals surface area contributed by atoms with E-state index in [1.165, 1.54) is 6.39 Å². The molecule has 2 atom stereocenters. The number of carbonyl (C=O) groups is 2. The van der Waals surface area contributed by atoms with E-state index in [1.807, 2.05) is 55.5 Å². The number of oxazole rings is 1. The van der Waals surface area contributed by atoms with Gasteiger partial charge in [-0.15, -0.1) is 0 Å². The second-order valence-corrected chi connectivity index (χ2v) is 9.64. The number of urea groups is 1. The zero-order valence-corrected chi connectivity index (χ0v) is 24.3. The van der Waals surface area contributed by atoms with Gasteiger partial charge in [-0.3, -0.25) is 4.90 Å². The van der Waals surface area contributed by atoms with Gasteiger partial charge >= 0.3 is 12.1 Å². The Morgan fingerprint density at radius 3 is 2.31 bits per heavy atom. The molecule has 220 valence electrons. The number of likely N-dealkylation sites (N-methyl/N-ethyl adjacent to an activating group) is 1. The van der Waals surface area contributed by atoms with Crippen LogP contribution in [-0.4, -0.2) is 48.8 Å². The predicted molar refractivity (Wildman–Crippen MR) is 163 cm³/mol. The number of hydrogen-bond donors (Lipinski definition) is 3. The van der Waals surface area contributed by atoms with Crippen LogP contribution < -0.4 is 20.7 Å². The first-order valence-electron chi connectivity index (χ1n) is 13.9. The number of alkyl carbamates (subject to hydrolysis) is 1. The minimum Gasteiger partial charge on any atom is -0.496 e. The summed E-state index contributed by atoms with van der Waals surface area (Å²) in [6.45, 7) is 8.35. The number of benzene rings is 3. The van der Waals surface area contributed by atoms with E-state index >= 15 is 0 Å². The molecule has 3 N–H and O–H groups in total. The van der Waals surface area contributed by atoms with E-state index in [-0.39, 0.29) is 6.04 Å². The van der Waals surface area contributed by atoms with E-state index < -0.39 is 18.2 Å². The molecule has 0 aliphatic carbocycles. The summed E-state index contributed by atoms with van der Waals surface area (Å²) in [4.78, 5) is 31.8. The third-order valence-corrected chi connectivity index (χ3v) is 6.88. The Bertz CT molecular complexity index is 1440. The first-order chi connectivity index (χ1) is 20.4. The molecule has 0 aliphatic rings. The number of ether oxygens (including phenoxy) is 2. The van der Waals surface area contributed by atoms with Crippen molar-refractivity contribution >= 4 is 23.5 Å². The number of hydrogen-bond acceptors (Lipinski definition) is 7. The van der Waals surface area contributed by atoms with E-state index in [2.05, 4.69) is 39.7 Å². The maximum absolute atomic E-state index is 12.9. The van der Waals surface area contributed by atoms with Gasteiger partial charge in [-0.05, 0) is 55.4 Å². The fraction of sp³-hybridized carbons (Fsp3) is 0.281. The van der Waals surface area contributed by atoms with Gasteiger partial charge in [0.25, 0.3) is 0 Å². The molecular weight excluding hydrogens is 534 g/mol. The van der Waals surface area contributed by atoms with Gasteiger partial charge < -0.3 is 29.8 Å². The van der Waals surface area contributed by atoms with E-state index in [1.54, 1.807) is 37.6 Å². The van der Waals surface area contributed by atoms with Gasteiger partial charge in [0.2, 0.25) is 0 Å². The molecule has 42 heavy (non-hydrogen) atoms. The lowest BCUT2D eigenvalue weighted by atomic mass is 10.1.